The molecule has 1 aromatic heterocycles. The zero-order valence-electron chi connectivity index (χ0n) is 17.5. The van der Waals surface area contributed by atoms with Crippen molar-refractivity contribution in [3.05, 3.63) is 22.6 Å². The van der Waals surface area contributed by atoms with Crippen molar-refractivity contribution in [1.29, 1.82) is 0 Å². The molecule has 0 atom stereocenters. The Bertz CT molecular complexity index is 814. The third kappa shape index (κ3) is 4.38. The van der Waals surface area contributed by atoms with Gasteiger partial charge in [-0.1, -0.05) is 0 Å². The Labute approximate surface area is 166 Å². The van der Waals surface area contributed by atoms with Gasteiger partial charge in [0.25, 0.3) is 5.91 Å². The molecule has 1 aliphatic heterocycles. The van der Waals surface area contributed by atoms with Gasteiger partial charge in [-0.15, -0.1) is 5.10 Å². The molecule has 1 aliphatic carbocycles. The summed E-state index contributed by atoms with van der Waals surface area (Å²) >= 11 is 0. The lowest BCUT2D eigenvalue weighted by Gasteiger charge is -2.46. The van der Waals surface area contributed by atoms with Gasteiger partial charge in [0.15, 0.2) is 5.76 Å². The summed E-state index contributed by atoms with van der Waals surface area (Å²) in [5.41, 5.74) is 13.1. The summed E-state index contributed by atoms with van der Waals surface area (Å²) in [5, 5.41) is 14.8. The summed E-state index contributed by atoms with van der Waals surface area (Å²) in [6.07, 6.45) is 4.13. The summed E-state index contributed by atoms with van der Waals surface area (Å²) in [5.74, 6) is 0.879. The van der Waals surface area contributed by atoms with Gasteiger partial charge in [-0.3, -0.25) is 4.79 Å². The molecule has 6 N–H and O–H groups in total. The fourth-order valence-electron chi connectivity index (χ4n) is 4.78. The van der Waals surface area contributed by atoms with Crippen LogP contribution in [0, 0.1) is 6.92 Å². The third-order valence-corrected chi connectivity index (χ3v) is 5.34. The predicted octanol–water partition coefficient (Wildman–Crippen LogP) is 1.94. The van der Waals surface area contributed by atoms with E-state index in [0.29, 0.717) is 5.76 Å². The van der Waals surface area contributed by atoms with E-state index in [1.165, 1.54) is 0 Å². The molecule has 0 saturated carbocycles. The topological polar surface area (TPSA) is 131 Å². The number of aryl methyl sites for hydroxylation is 1. The molecule has 1 amide bonds. The van der Waals surface area contributed by atoms with Gasteiger partial charge >= 0.3 is 0 Å². The van der Waals surface area contributed by atoms with E-state index >= 15 is 0 Å². The van der Waals surface area contributed by atoms with Gasteiger partial charge in [0.2, 0.25) is 5.96 Å². The number of hydrogen-bond acceptors (Lipinski definition) is 5. The first kappa shape index (κ1) is 20.4. The highest BCUT2D eigenvalue weighted by Crippen LogP contribution is 2.32. The van der Waals surface area contributed by atoms with E-state index in [0.717, 1.165) is 54.7 Å². The van der Waals surface area contributed by atoms with Gasteiger partial charge in [0, 0.05) is 34.7 Å². The molecule has 0 spiro atoms. The van der Waals surface area contributed by atoms with Crippen molar-refractivity contribution in [3.8, 4) is 0 Å². The maximum Gasteiger partial charge on any atom is 0.287 e. The maximum atomic E-state index is 13.0. The molecule has 1 fully saturated rings. The number of nitrogens with zero attached hydrogens (tertiary/aromatic N) is 2. The standard InChI is InChI=1S/C20H32N6O2/c1-11-15-13(24-25-18(21)22)7-6-8-14(15)28-16(11)17(27)23-12-9-19(2,3)26-20(4,5)10-12/h12,26H,6-10H2,1-5H3,(H,23,27)(H4,21,22,25)/b24-13+. The SMILES string of the molecule is Cc1c(C(=O)NC2CC(C)(C)NC(C)(C)C2)oc2c1/C(=N/N=C(N)N)CCC2. The molecule has 0 radical (unpaired) electrons. The van der Waals surface area contributed by atoms with E-state index in [2.05, 4.69) is 48.5 Å². The Morgan fingerprint density at radius 1 is 1.18 bits per heavy atom. The van der Waals surface area contributed by atoms with Crippen LogP contribution in [-0.4, -0.2) is 34.7 Å². The average Bonchev–Trinajstić information content (AvgIpc) is 2.87. The number of hydrogen-bond donors (Lipinski definition) is 4. The summed E-state index contributed by atoms with van der Waals surface area (Å²) in [7, 11) is 0. The van der Waals surface area contributed by atoms with Gasteiger partial charge in [0.05, 0.1) is 5.71 Å². The van der Waals surface area contributed by atoms with Crippen molar-refractivity contribution >= 4 is 17.6 Å². The number of piperidine rings is 1. The van der Waals surface area contributed by atoms with Gasteiger partial charge < -0.3 is 26.5 Å². The Morgan fingerprint density at radius 2 is 1.82 bits per heavy atom. The van der Waals surface area contributed by atoms with E-state index in [1.807, 2.05) is 6.92 Å². The summed E-state index contributed by atoms with van der Waals surface area (Å²) in [6.45, 7) is 10.5. The fourth-order valence-corrected chi connectivity index (χ4v) is 4.78. The van der Waals surface area contributed by atoms with Crippen molar-refractivity contribution in [2.75, 3.05) is 0 Å². The zero-order chi connectivity index (χ0) is 20.7. The second-order valence-corrected chi connectivity index (χ2v) is 9.25. The van der Waals surface area contributed by atoms with Crippen molar-refractivity contribution in [2.24, 2.45) is 21.7 Å². The number of guanidine groups is 1. The second-order valence-electron chi connectivity index (χ2n) is 9.25. The first-order valence-corrected chi connectivity index (χ1v) is 9.86. The molecular formula is C20H32N6O2. The number of rotatable bonds is 3. The molecule has 1 saturated heterocycles. The number of nitrogens with two attached hydrogens (primary N) is 2. The summed E-state index contributed by atoms with van der Waals surface area (Å²) < 4.78 is 5.96. The van der Waals surface area contributed by atoms with E-state index in [4.69, 9.17) is 15.9 Å². The lowest BCUT2D eigenvalue weighted by atomic mass is 9.79. The zero-order valence-corrected chi connectivity index (χ0v) is 17.5. The number of nitrogens with one attached hydrogen (secondary N) is 2. The van der Waals surface area contributed by atoms with E-state index in [-0.39, 0.29) is 29.0 Å². The van der Waals surface area contributed by atoms with E-state index < -0.39 is 0 Å². The Kier molecular flexibility index (Phi) is 5.27. The van der Waals surface area contributed by atoms with Gasteiger partial charge in [-0.25, -0.2) is 0 Å². The number of amides is 1. The molecule has 0 bridgehead atoms. The minimum atomic E-state index is -0.174. The molecule has 154 valence electrons. The van der Waals surface area contributed by atoms with Crippen molar-refractivity contribution in [1.82, 2.24) is 10.6 Å². The average molecular weight is 389 g/mol. The first-order valence-electron chi connectivity index (χ1n) is 9.86. The van der Waals surface area contributed by atoms with Crippen LogP contribution >= 0.6 is 0 Å². The third-order valence-electron chi connectivity index (χ3n) is 5.34. The smallest absolute Gasteiger partial charge is 0.287 e. The molecule has 2 heterocycles. The molecular weight excluding hydrogens is 356 g/mol. The molecule has 3 rings (SSSR count). The Hall–Kier alpha value is -2.35. The van der Waals surface area contributed by atoms with Crippen LogP contribution < -0.4 is 22.1 Å². The molecule has 0 aromatic carbocycles. The number of carbonyl (C=O) groups is 1. The summed E-state index contributed by atoms with van der Waals surface area (Å²) in [6, 6.07) is 0.0788. The highest BCUT2D eigenvalue weighted by atomic mass is 16.4. The van der Waals surface area contributed by atoms with Crippen LogP contribution in [0.5, 0.6) is 0 Å². The Morgan fingerprint density at radius 3 is 2.43 bits per heavy atom. The second kappa shape index (κ2) is 7.24. The first-order chi connectivity index (χ1) is 13.0. The molecule has 8 heteroatoms. The number of fused-ring (bicyclic) bond motifs is 1. The largest absolute Gasteiger partial charge is 0.455 e. The lowest BCUT2D eigenvalue weighted by molar-refractivity contribution is 0.0843. The van der Waals surface area contributed by atoms with E-state index in [9.17, 15) is 4.79 Å². The molecule has 8 nitrogen and oxygen atoms in total. The minimum absolute atomic E-state index is 0.0445. The van der Waals surface area contributed by atoms with Crippen molar-refractivity contribution in [3.63, 3.8) is 0 Å². The fraction of sp³-hybridized carbons (Fsp3) is 0.650. The molecule has 28 heavy (non-hydrogen) atoms. The van der Waals surface area contributed by atoms with Crippen LogP contribution in [0.2, 0.25) is 0 Å². The number of furan rings is 1. The van der Waals surface area contributed by atoms with Crippen LogP contribution in [-0.2, 0) is 6.42 Å². The molecule has 0 unspecified atom stereocenters. The highest BCUT2D eigenvalue weighted by molar-refractivity contribution is 6.06. The molecule has 1 aromatic rings. The van der Waals surface area contributed by atoms with Crippen LogP contribution in [0.25, 0.3) is 0 Å². The Balaban J connectivity index is 1.84. The van der Waals surface area contributed by atoms with Crippen molar-refractivity contribution < 1.29 is 9.21 Å². The normalized spacial score (nSPS) is 22.5. The monoisotopic (exact) mass is 388 g/mol. The molecule has 2 aliphatic rings. The van der Waals surface area contributed by atoms with E-state index in [1.54, 1.807) is 0 Å². The van der Waals surface area contributed by atoms with Gasteiger partial charge in [0.1, 0.15) is 5.76 Å². The number of carbonyl (C=O) groups excluding carboxylic acids is 1. The highest BCUT2D eigenvalue weighted by Gasteiger charge is 2.39. The van der Waals surface area contributed by atoms with Crippen LogP contribution in [0.1, 0.15) is 80.8 Å². The quantitative estimate of drug-likeness (QED) is 0.357. The van der Waals surface area contributed by atoms with Crippen LogP contribution in [0.3, 0.4) is 0 Å². The minimum Gasteiger partial charge on any atom is -0.455 e. The predicted molar refractivity (Wildman–Crippen MR) is 111 cm³/mol. The van der Waals surface area contributed by atoms with Gasteiger partial charge in [-0.05, 0) is 60.3 Å². The summed E-state index contributed by atoms with van der Waals surface area (Å²) in [4.78, 5) is 13.0. The van der Waals surface area contributed by atoms with Crippen LogP contribution in [0.15, 0.2) is 14.6 Å². The van der Waals surface area contributed by atoms with Crippen LogP contribution in [0.4, 0.5) is 0 Å². The van der Waals surface area contributed by atoms with Gasteiger partial charge in [-0.2, -0.15) is 5.10 Å². The van der Waals surface area contributed by atoms with Crippen molar-refractivity contribution in [2.45, 2.75) is 83.8 Å². The maximum absolute atomic E-state index is 13.0. The lowest BCUT2D eigenvalue weighted by Crippen LogP contribution is -2.62.